The van der Waals surface area contributed by atoms with Gasteiger partial charge in [0.2, 0.25) is 0 Å². The second-order valence-electron chi connectivity index (χ2n) is 12.9. The smallest absolute Gasteiger partial charge is 0.344 e. The van der Waals surface area contributed by atoms with Crippen LogP contribution in [0.2, 0.25) is 0 Å². The molecule has 0 N–H and O–H groups in total. The summed E-state index contributed by atoms with van der Waals surface area (Å²) in [4.78, 5) is 32.8. The second kappa shape index (κ2) is 9.51. The molecule has 4 heterocycles. The quantitative estimate of drug-likeness (QED) is 0.299. The first kappa shape index (κ1) is 25.7. The van der Waals surface area contributed by atoms with Crippen molar-refractivity contribution in [2.75, 3.05) is 12.0 Å². The van der Waals surface area contributed by atoms with Crippen molar-refractivity contribution >= 4 is 38.6 Å². The molecule has 2 aromatic heterocycles. The molecule has 1 unspecified atom stereocenters. The average Bonchev–Trinajstić information content (AvgIpc) is 3.47. The number of hydrogen-bond acceptors (Lipinski definition) is 9. The van der Waals surface area contributed by atoms with Gasteiger partial charge in [-0.25, -0.2) is 19.0 Å². The molecule has 4 bridgehead atoms. The van der Waals surface area contributed by atoms with Gasteiger partial charge in [0.1, 0.15) is 22.9 Å². The Hall–Kier alpha value is -3.01. The molecule has 2 saturated heterocycles. The minimum absolute atomic E-state index is 0.0437. The number of thiazole rings is 1. The number of methoxy groups -OCH3 is 1. The van der Waals surface area contributed by atoms with Crippen molar-refractivity contribution in [2.45, 2.75) is 107 Å². The fourth-order valence-electron chi connectivity index (χ4n) is 8.16. The van der Waals surface area contributed by atoms with Gasteiger partial charge in [0.05, 0.1) is 17.4 Å². The van der Waals surface area contributed by atoms with Crippen LogP contribution in [-0.4, -0.2) is 47.4 Å². The summed E-state index contributed by atoms with van der Waals surface area (Å²) in [6.45, 7) is 0. The highest BCUT2D eigenvalue weighted by molar-refractivity contribution is 7.22. The van der Waals surface area contributed by atoms with E-state index in [1.54, 1.807) is 6.07 Å². The van der Waals surface area contributed by atoms with E-state index in [0.29, 0.717) is 23.1 Å². The maximum Gasteiger partial charge on any atom is 0.344 e. The van der Waals surface area contributed by atoms with E-state index in [-0.39, 0.29) is 46.6 Å². The van der Waals surface area contributed by atoms with Crippen molar-refractivity contribution in [3.8, 4) is 0 Å². The minimum atomic E-state index is -0.569. The number of rotatable bonds is 6. The Morgan fingerprint density at radius 3 is 2.39 bits per heavy atom. The van der Waals surface area contributed by atoms with Gasteiger partial charge < -0.3 is 18.9 Å². The zero-order valence-electron chi connectivity index (χ0n) is 23.2. The van der Waals surface area contributed by atoms with Gasteiger partial charge in [-0.15, -0.1) is 0 Å². The van der Waals surface area contributed by atoms with Crippen LogP contribution in [0.4, 0.5) is 9.52 Å². The Kier molecular flexibility index (Phi) is 5.95. The van der Waals surface area contributed by atoms with Crippen LogP contribution in [0.5, 0.6) is 0 Å². The molecule has 4 aliphatic carbocycles. The number of carbonyl (C=O) groups is 2. The summed E-state index contributed by atoms with van der Waals surface area (Å²) >= 11 is 1.39. The zero-order chi connectivity index (χ0) is 27.9. The van der Waals surface area contributed by atoms with Crippen molar-refractivity contribution in [1.29, 1.82) is 0 Å². The highest BCUT2D eigenvalue weighted by Crippen LogP contribution is 2.54. The number of anilines is 1. The van der Waals surface area contributed by atoms with E-state index in [1.165, 1.54) is 43.8 Å². The van der Waals surface area contributed by atoms with Crippen LogP contribution in [0.15, 0.2) is 16.7 Å². The Labute approximate surface area is 241 Å². The average molecular weight is 580 g/mol. The molecule has 216 valence electrons. The van der Waals surface area contributed by atoms with Gasteiger partial charge in [-0.3, -0.25) is 0 Å². The first-order valence-electron chi connectivity index (χ1n) is 15.1. The number of nitrogens with zero attached hydrogens (tertiary/aromatic N) is 3. The molecule has 10 heteroatoms. The molecule has 6 aliphatic rings. The third kappa shape index (κ3) is 4.19. The summed E-state index contributed by atoms with van der Waals surface area (Å²) in [6, 6.07) is 3.15. The second-order valence-corrected chi connectivity index (χ2v) is 13.9. The first-order valence-corrected chi connectivity index (χ1v) is 15.9. The molecular weight excluding hydrogens is 545 g/mol. The highest BCUT2D eigenvalue weighted by Gasteiger charge is 2.49. The summed E-state index contributed by atoms with van der Waals surface area (Å²) in [5.74, 6) is 0.496. The van der Waals surface area contributed by atoms with Crippen LogP contribution >= 0.6 is 11.3 Å². The van der Waals surface area contributed by atoms with Crippen molar-refractivity contribution in [2.24, 2.45) is 5.92 Å². The number of aromatic nitrogens is 2. The number of carbonyl (C=O) groups excluding carboxylic acids is 2. The largest absolute Gasteiger partial charge is 0.465 e. The van der Waals surface area contributed by atoms with Gasteiger partial charge in [-0.05, 0) is 82.3 Å². The lowest BCUT2D eigenvalue weighted by Gasteiger charge is -2.45. The van der Waals surface area contributed by atoms with E-state index in [2.05, 4.69) is 15.0 Å². The topological polar surface area (TPSA) is 94.8 Å². The molecule has 0 amide bonds. The minimum Gasteiger partial charge on any atom is -0.465 e. The molecule has 1 aromatic carbocycles. The standard InChI is InChI=1S/C31H34FN3O5S/c1-38-28(36)18-12-22(32)25-23(13-18)41-30(33-25)35-19-4-5-20(35)15-21(14-19)39-29(37)24-26(17-2-3-17)40-34-27(24)31-9-6-16(7-10-31)8-11-31/h12-13,16-17,19-21H,2-11,14-15H2,1H3/t16?,19-,20+,21?,31?. The Morgan fingerprint density at radius 1 is 1.02 bits per heavy atom. The lowest BCUT2D eigenvalue weighted by atomic mass is 9.59. The molecule has 9 rings (SSSR count). The molecule has 3 atom stereocenters. The van der Waals surface area contributed by atoms with E-state index in [1.807, 2.05) is 0 Å². The van der Waals surface area contributed by atoms with E-state index < -0.39 is 11.8 Å². The SMILES string of the molecule is COC(=O)c1cc(F)c2nc(N3[C@@H]4CC[C@H]3CC(OC(=O)c3c(C56CCC(CC5)CC6)noc3C3CC3)C4)sc2c1. The van der Waals surface area contributed by atoms with Crippen molar-refractivity contribution in [1.82, 2.24) is 10.1 Å². The molecule has 0 spiro atoms. The van der Waals surface area contributed by atoms with E-state index in [0.717, 1.165) is 67.4 Å². The monoisotopic (exact) mass is 579 g/mol. The number of benzene rings is 1. The normalized spacial score (nSPS) is 30.6. The van der Waals surface area contributed by atoms with E-state index in [4.69, 9.17) is 14.0 Å². The molecule has 8 nitrogen and oxygen atoms in total. The van der Waals surface area contributed by atoms with Crippen molar-refractivity contribution in [3.63, 3.8) is 0 Å². The van der Waals surface area contributed by atoms with Gasteiger partial charge in [0.15, 0.2) is 16.7 Å². The number of hydrogen-bond donors (Lipinski definition) is 0. The summed E-state index contributed by atoms with van der Waals surface area (Å²) in [6.07, 6.45) is 12.1. The van der Waals surface area contributed by atoms with Gasteiger partial charge in [0.25, 0.3) is 0 Å². The van der Waals surface area contributed by atoms with Crippen LogP contribution < -0.4 is 4.90 Å². The first-order chi connectivity index (χ1) is 19.9. The lowest BCUT2D eigenvalue weighted by Crippen LogP contribution is -2.46. The van der Waals surface area contributed by atoms with Crippen LogP contribution in [0.3, 0.4) is 0 Å². The summed E-state index contributed by atoms with van der Waals surface area (Å²) in [7, 11) is 1.29. The van der Waals surface area contributed by atoms with E-state index >= 15 is 0 Å². The van der Waals surface area contributed by atoms with Crippen LogP contribution in [0.1, 0.15) is 115 Å². The van der Waals surface area contributed by atoms with Gasteiger partial charge in [-0.2, -0.15) is 0 Å². The predicted octanol–water partition coefficient (Wildman–Crippen LogP) is 6.67. The third-order valence-corrected chi connectivity index (χ3v) is 11.5. The van der Waals surface area contributed by atoms with Crippen molar-refractivity contribution in [3.05, 3.63) is 40.5 Å². The number of halogens is 1. The summed E-state index contributed by atoms with van der Waals surface area (Å²) < 4.78 is 32.4. The predicted molar refractivity (Wildman–Crippen MR) is 150 cm³/mol. The molecule has 4 saturated carbocycles. The Bertz CT molecular complexity index is 1510. The molecule has 0 radical (unpaired) electrons. The summed E-state index contributed by atoms with van der Waals surface area (Å²) in [5.41, 5.74) is 1.91. The molecule has 3 aromatic rings. The summed E-state index contributed by atoms with van der Waals surface area (Å²) in [5, 5.41) is 5.33. The molecule has 6 fully saturated rings. The molecule has 41 heavy (non-hydrogen) atoms. The van der Waals surface area contributed by atoms with Gasteiger partial charge in [0, 0.05) is 36.3 Å². The Balaban J connectivity index is 1.03. The molecule has 2 aliphatic heterocycles. The van der Waals surface area contributed by atoms with Crippen LogP contribution in [0, 0.1) is 11.7 Å². The van der Waals surface area contributed by atoms with Crippen LogP contribution in [-0.2, 0) is 14.9 Å². The maximum absolute atomic E-state index is 14.8. The number of fused-ring (bicyclic) bond motifs is 6. The number of esters is 2. The van der Waals surface area contributed by atoms with E-state index in [9.17, 15) is 14.0 Å². The molecular formula is C31H34FN3O5S. The number of ether oxygens (including phenoxy) is 2. The Morgan fingerprint density at radius 2 is 1.73 bits per heavy atom. The maximum atomic E-state index is 14.8. The number of piperidine rings is 1. The lowest BCUT2D eigenvalue weighted by molar-refractivity contribution is 0.0195. The zero-order valence-corrected chi connectivity index (χ0v) is 24.0. The van der Waals surface area contributed by atoms with Gasteiger partial charge >= 0.3 is 11.9 Å². The fourth-order valence-corrected chi connectivity index (χ4v) is 9.32. The van der Waals surface area contributed by atoms with Gasteiger partial charge in [-0.1, -0.05) is 16.5 Å². The third-order valence-electron chi connectivity index (χ3n) is 10.5. The fraction of sp³-hybridized carbons (Fsp3) is 0.613. The van der Waals surface area contributed by atoms with Crippen molar-refractivity contribution < 1.29 is 28.0 Å². The van der Waals surface area contributed by atoms with Crippen LogP contribution in [0.25, 0.3) is 10.2 Å². The highest BCUT2D eigenvalue weighted by atomic mass is 32.1.